The van der Waals surface area contributed by atoms with E-state index < -0.39 is 5.54 Å². The maximum Gasteiger partial charge on any atom is 0.326 e. The number of hydrogen-bond donors (Lipinski definition) is 1. The number of amides is 1. The van der Waals surface area contributed by atoms with Gasteiger partial charge in [-0.25, -0.2) is 0 Å². The molecule has 0 bridgehead atoms. The first-order chi connectivity index (χ1) is 10.8. The van der Waals surface area contributed by atoms with Crippen molar-refractivity contribution in [2.45, 2.75) is 65.3 Å². The van der Waals surface area contributed by atoms with Gasteiger partial charge >= 0.3 is 5.97 Å². The average molecular weight is 326 g/mol. The molecule has 0 aliphatic heterocycles. The molecule has 0 spiro atoms. The largest absolute Gasteiger partial charge is 0.468 e. The summed E-state index contributed by atoms with van der Waals surface area (Å²) in [6.45, 7) is 10.2. The maximum atomic E-state index is 12.6. The van der Waals surface area contributed by atoms with Gasteiger partial charge in [-0.15, -0.1) is 0 Å². The van der Waals surface area contributed by atoms with Crippen molar-refractivity contribution in [2.24, 2.45) is 11.8 Å². The van der Waals surface area contributed by atoms with Crippen LogP contribution in [0.2, 0.25) is 0 Å². The topological polar surface area (TPSA) is 58.6 Å². The Balaban J connectivity index is 2.70. The van der Waals surface area contributed by atoms with Gasteiger partial charge in [-0.05, 0) is 24.7 Å². The molecule has 1 N–H and O–H groups in total. The summed E-state index contributed by atoms with van der Waals surface area (Å²) < 4.78 is 4.99. The number of nitrogens with zero attached hydrogens (tertiary/aromatic N) is 1. The maximum absolute atomic E-state index is 12.6. The Morgan fingerprint density at radius 1 is 1.04 bits per heavy atom. The van der Waals surface area contributed by atoms with E-state index in [9.17, 15) is 9.59 Å². The van der Waals surface area contributed by atoms with Crippen molar-refractivity contribution in [1.29, 1.82) is 0 Å². The van der Waals surface area contributed by atoms with Gasteiger partial charge < -0.3 is 9.64 Å². The first kappa shape index (κ1) is 19.9. The van der Waals surface area contributed by atoms with Crippen molar-refractivity contribution in [3.05, 3.63) is 0 Å². The van der Waals surface area contributed by atoms with Gasteiger partial charge in [0.2, 0.25) is 5.91 Å². The number of rotatable bonds is 8. The van der Waals surface area contributed by atoms with Gasteiger partial charge in [0, 0.05) is 13.1 Å². The third kappa shape index (κ3) is 6.13. The predicted molar refractivity (Wildman–Crippen MR) is 92.1 cm³/mol. The van der Waals surface area contributed by atoms with E-state index in [1.54, 1.807) is 0 Å². The molecule has 1 aliphatic carbocycles. The van der Waals surface area contributed by atoms with Crippen LogP contribution in [0.25, 0.3) is 0 Å². The Labute approximate surface area is 141 Å². The zero-order chi connectivity index (χ0) is 17.5. The molecule has 1 amide bonds. The second kappa shape index (κ2) is 9.26. The fraction of sp³-hybridized carbons (Fsp3) is 0.889. The molecule has 0 heterocycles. The van der Waals surface area contributed by atoms with Gasteiger partial charge in [0.1, 0.15) is 5.54 Å². The van der Waals surface area contributed by atoms with Crippen LogP contribution in [-0.4, -0.2) is 49.1 Å². The Hall–Kier alpha value is -1.10. The van der Waals surface area contributed by atoms with Crippen molar-refractivity contribution in [3.63, 3.8) is 0 Å². The standard InChI is InChI=1S/C18H34N2O3/c1-14(2)12-20(13-15(3)4)16(21)11-19-18(17(22)23-5)9-7-6-8-10-18/h14-15,19H,6-13H2,1-5H3. The van der Waals surface area contributed by atoms with Gasteiger partial charge in [-0.2, -0.15) is 0 Å². The summed E-state index contributed by atoms with van der Waals surface area (Å²) >= 11 is 0. The molecular formula is C18H34N2O3. The SMILES string of the molecule is COC(=O)C1(NCC(=O)N(CC(C)C)CC(C)C)CCCCC1. The molecule has 0 atom stereocenters. The molecule has 1 aliphatic rings. The summed E-state index contributed by atoms with van der Waals surface area (Å²) in [6, 6.07) is 0. The fourth-order valence-corrected chi connectivity index (χ4v) is 3.32. The van der Waals surface area contributed by atoms with Gasteiger partial charge in [-0.1, -0.05) is 47.0 Å². The van der Waals surface area contributed by atoms with Gasteiger partial charge in [0.05, 0.1) is 13.7 Å². The van der Waals surface area contributed by atoms with E-state index in [1.165, 1.54) is 7.11 Å². The molecule has 5 nitrogen and oxygen atoms in total. The number of ether oxygens (including phenoxy) is 1. The normalized spacial score (nSPS) is 17.3. The van der Waals surface area contributed by atoms with Crippen LogP contribution < -0.4 is 5.32 Å². The number of carbonyl (C=O) groups excluding carboxylic acids is 2. The van der Waals surface area contributed by atoms with Gasteiger partial charge in [0.15, 0.2) is 0 Å². The molecular weight excluding hydrogens is 292 g/mol. The van der Waals surface area contributed by atoms with Crippen LogP contribution in [0.15, 0.2) is 0 Å². The summed E-state index contributed by atoms with van der Waals surface area (Å²) in [5, 5.41) is 3.25. The van der Waals surface area contributed by atoms with Crippen molar-refractivity contribution < 1.29 is 14.3 Å². The minimum absolute atomic E-state index is 0.0706. The lowest BCUT2D eigenvalue weighted by Crippen LogP contribution is -2.57. The highest BCUT2D eigenvalue weighted by atomic mass is 16.5. The lowest BCUT2D eigenvalue weighted by Gasteiger charge is -2.36. The highest BCUT2D eigenvalue weighted by molar-refractivity contribution is 5.83. The minimum atomic E-state index is -0.677. The van der Waals surface area contributed by atoms with Crippen LogP contribution in [0.5, 0.6) is 0 Å². The van der Waals surface area contributed by atoms with Crippen molar-refractivity contribution in [3.8, 4) is 0 Å². The van der Waals surface area contributed by atoms with Crippen LogP contribution >= 0.6 is 0 Å². The van der Waals surface area contributed by atoms with E-state index in [0.29, 0.717) is 11.8 Å². The van der Waals surface area contributed by atoms with Crippen molar-refractivity contribution in [2.75, 3.05) is 26.7 Å². The van der Waals surface area contributed by atoms with E-state index in [2.05, 4.69) is 33.0 Å². The van der Waals surface area contributed by atoms with Crippen LogP contribution in [0.3, 0.4) is 0 Å². The zero-order valence-electron chi connectivity index (χ0n) is 15.5. The molecule has 1 rings (SSSR count). The number of carbonyl (C=O) groups is 2. The van der Waals surface area contributed by atoms with E-state index in [0.717, 1.165) is 45.2 Å². The number of methoxy groups -OCH3 is 1. The lowest BCUT2D eigenvalue weighted by molar-refractivity contribution is -0.150. The van der Waals surface area contributed by atoms with E-state index >= 15 is 0 Å². The third-order valence-corrected chi connectivity index (χ3v) is 4.39. The summed E-state index contributed by atoms with van der Waals surface area (Å²) in [6.07, 6.45) is 4.64. The van der Waals surface area contributed by atoms with Crippen LogP contribution in [-0.2, 0) is 14.3 Å². The molecule has 0 aromatic rings. The molecule has 1 saturated carbocycles. The average Bonchev–Trinajstić information content (AvgIpc) is 2.51. The molecule has 0 radical (unpaired) electrons. The van der Waals surface area contributed by atoms with E-state index in [1.807, 2.05) is 4.90 Å². The first-order valence-electron chi connectivity index (χ1n) is 8.92. The second-order valence-corrected chi connectivity index (χ2v) is 7.57. The van der Waals surface area contributed by atoms with Crippen molar-refractivity contribution in [1.82, 2.24) is 10.2 Å². The summed E-state index contributed by atoms with van der Waals surface area (Å²) in [4.78, 5) is 26.8. The van der Waals surface area contributed by atoms with Gasteiger partial charge in [0.25, 0.3) is 0 Å². The molecule has 0 aromatic heterocycles. The smallest absolute Gasteiger partial charge is 0.326 e. The lowest BCUT2D eigenvalue weighted by atomic mass is 9.81. The molecule has 23 heavy (non-hydrogen) atoms. The Morgan fingerprint density at radius 3 is 2.00 bits per heavy atom. The summed E-state index contributed by atoms with van der Waals surface area (Å²) in [5.41, 5.74) is -0.677. The van der Waals surface area contributed by atoms with Gasteiger partial charge in [-0.3, -0.25) is 14.9 Å². The Bertz CT molecular complexity index is 378. The number of esters is 1. The predicted octanol–water partition coefficient (Wildman–Crippen LogP) is 2.59. The monoisotopic (exact) mass is 326 g/mol. The summed E-state index contributed by atoms with van der Waals surface area (Å²) in [5.74, 6) is 0.703. The highest BCUT2D eigenvalue weighted by Gasteiger charge is 2.40. The molecule has 0 saturated heterocycles. The molecule has 0 aromatic carbocycles. The van der Waals surface area contributed by atoms with E-state index in [4.69, 9.17) is 4.74 Å². The highest BCUT2D eigenvalue weighted by Crippen LogP contribution is 2.29. The summed E-state index contributed by atoms with van der Waals surface area (Å²) in [7, 11) is 1.42. The van der Waals surface area contributed by atoms with Crippen LogP contribution in [0.1, 0.15) is 59.8 Å². The molecule has 1 fully saturated rings. The molecule has 5 heteroatoms. The molecule has 0 unspecified atom stereocenters. The third-order valence-electron chi connectivity index (χ3n) is 4.39. The number of hydrogen-bond acceptors (Lipinski definition) is 4. The number of nitrogens with one attached hydrogen (secondary N) is 1. The quantitative estimate of drug-likeness (QED) is 0.697. The van der Waals surface area contributed by atoms with E-state index in [-0.39, 0.29) is 18.4 Å². The minimum Gasteiger partial charge on any atom is -0.468 e. The Morgan fingerprint density at radius 2 is 1.57 bits per heavy atom. The second-order valence-electron chi connectivity index (χ2n) is 7.57. The Kier molecular flexibility index (Phi) is 8.03. The zero-order valence-corrected chi connectivity index (χ0v) is 15.5. The van der Waals surface area contributed by atoms with Crippen LogP contribution in [0, 0.1) is 11.8 Å². The van der Waals surface area contributed by atoms with Crippen molar-refractivity contribution >= 4 is 11.9 Å². The first-order valence-corrected chi connectivity index (χ1v) is 8.92. The fourth-order valence-electron chi connectivity index (χ4n) is 3.32. The molecule has 134 valence electrons. The van der Waals surface area contributed by atoms with Crippen LogP contribution in [0.4, 0.5) is 0 Å².